The standard InChI is InChI=1S/C19H20F2N2O/c20-16-5-3-6-17(12-16)22-19(24)14-8-10-23(11-9-14)13-15-4-1-2-7-18(15)21/h1-7,12,14H,8-11,13H2,(H,22,24). The van der Waals surface area contributed by atoms with Crippen molar-refractivity contribution in [3.63, 3.8) is 0 Å². The predicted octanol–water partition coefficient (Wildman–Crippen LogP) is 3.82. The van der Waals surface area contributed by atoms with Crippen LogP contribution in [0.4, 0.5) is 14.5 Å². The zero-order valence-corrected chi connectivity index (χ0v) is 13.3. The summed E-state index contributed by atoms with van der Waals surface area (Å²) in [4.78, 5) is 14.4. The van der Waals surface area contributed by atoms with Gasteiger partial charge in [-0.2, -0.15) is 0 Å². The Kier molecular flexibility index (Phi) is 5.20. The minimum atomic E-state index is -0.368. The van der Waals surface area contributed by atoms with Crippen LogP contribution in [0.25, 0.3) is 0 Å². The second kappa shape index (κ2) is 7.53. The average Bonchev–Trinajstić information content (AvgIpc) is 2.57. The molecule has 1 aliphatic rings. The first-order valence-electron chi connectivity index (χ1n) is 8.14. The van der Waals surface area contributed by atoms with Crippen LogP contribution in [0.1, 0.15) is 18.4 Å². The van der Waals surface area contributed by atoms with E-state index in [0.29, 0.717) is 17.8 Å². The molecule has 1 fully saturated rings. The van der Waals surface area contributed by atoms with Crippen molar-refractivity contribution in [3.05, 3.63) is 65.7 Å². The van der Waals surface area contributed by atoms with Gasteiger partial charge < -0.3 is 5.32 Å². The summed E-state index contributed by atoms with van der Waals surface area (Å²) in [6, 6.07) is 12.7. The van der Waals surface area contributed by atoms with Crippen molar-refractivity contribution in [2.45, 2.75) is 19.4 Å². The summed E-state index contributed by atoms with van der Waals surface area (Å²) in [5, 5.41) is 2.77. The number of carbonyl (C=O) groups is 1. The Morgan fingerprint density at radius 2 is 1.83 bits per heavy atom. The third-order valence-corrected chi connectivity index (χ3v) is 4.40. The maximum Gasteiger partial charge on any atom is 0.227 e. The smallest absolute Gasteiger partial charge is 0.227 e. The molecule has 2 aromatic carbocycles. The molecule has 5 heteroatoms. The summed E-state index contributed by atoms with van der Waals surface area (Å²) < 4.78 is 26.9. The van der Waals surface area contributed by atoms with Crippen LogP contribution in [-0.2, 0) is 11.3 Å². The summed E-state index contributed by atoms with van der Waals surface area (Å²) in [5.74, 6) is -0.729. The molecule has 3 rings (SSSR count). The number of likely N-dealkylation sites (tertiary alicyclic amines) is 1. The third kappa shape index (κ3) is 4.17. The van der Waals surface area contributed by atoms with E-state index < -0.39 is 0 Å². The number of anilines is 1. The van der Waals surface area contributed by atoms with Gasteiger partial charge in [-0.05, 0) is 50.2 Å². The zero-order chi connectivity index (χ0) is 16.9. The first kappa shape index (κ1) is 16.6. The topological polar surface area (TPSA) is 32.3 Å². The Morgan fingerprint density at radius 3 is 2.54 bits per heavy atom. The molecule has 0 aliphatic carbocycles. The average molecular weight is 330 g/mol. The fourth-order valence-electron chi connectivity index (χ4n) is 3.03. The Bertz CT molecular complexity index is 712. The number of piperidine rings is 1. The van der Waals surface area contributed by atoms with Gasteiger partial charge in [0.05, 0.1) is 0 Å². The largest absolute Gasteiger partial charge is 0.326 e. The number of nitrogens with one attached hydrogen (secondary N) is 1. The van der Waals surface area contributed by atoms with Gasteiger partial charge in [0, 0.05) is 23.7 Å². The van der Waals surface area contributed by atoms with Crippen LogP contribution in [0.5, 0.6) is 0 Å². The number of amides is 1. The first-order chi connectivity index (χ1) is 11.6. The minimum Gasteiger partial charge on any atom is -0.326 e. The normalized spacial score (nSPS) is 16.1. The van der Waals surface area contributed by atoms with Gasteiger partial charge in [0.25, 0.3) is 0 Å². The number of hydrogen-bond donors (Lipinski definition) is 1. The fraction of sp³-hybridized carbons (Fsp3) is 0.316. The number of benzene rings is 2. The Morgan fingerprint density at radius 1 is 1.08 bits per heavy atom. The molecular weight excluding hydrogens is 310 g/mol. The van der Waals surface area contributed by atoms with Gasteiger partial charge in [-0.3, -0.25) is 9.69 Å². The lowest BCUT2D eigenvalue weighted by Crippen LogP contribution is -2.37. The quantitative estimate of drug-likeness (QED) is 0.924. The van der Waals surface area contributed by atoms with Crippen LogP contribution in [0.15, 0.2) is 48.5 Å². The molecule has 3 nitrogen and oxygen atoms in total. The van der Waals surface area contributed by atoms with E-state index in [4.69, 9.17) is 0 Å². The van der Waals surface area contributed by atoms with Crippen LogP contribution < -0.4 is 5.32 Å². The molecule has 0 bridgehead atoms. The highest BCUT2D eigenvalue weighted by Crippen LogP contribution is 2.22. The van der Waals surface area contributed by atoms with E-state index in [0.717, 1.165) is 25.9 Å². The van der Waals surface area contributed by atoms with Crippen molar-refractivity contribution in [2.75, 3.05) is 18.4 Å². The maximum absolute atomic E-state index is 13.7. The van der Waals surface area contributed by atoms with Crippen molar-refractivity contribution in [2.24, 2.45) is 5.92 Å². The van der Waals surface area contributed by atoms with E-state index in [-0.39, 0.29) is 23.5 Å². The van der Waals surface area contributed by atoms with Gasteiger partial charge in [0.1, 0.15) is 11.6 Å². The fourth-order valence-corrected chi connectivity index (χ4v) is 3.03. The van der Waals surface area contributed by atoms with Crippen molar-refractivity contribution < 1.29 is 13.6 Å². The summed E-state index contributed by atoms with van der Waals surface area (Å²) in [6.07, 6.45) is 1.44. The molecule has 126 valence electrons. The van der Waals surface area contributed by atoms with Crippen molar-refractivity contribution in [1.29, 1.82) is 0 Å². The van der Waals surface area contributed by atoms with Gasteiger partial charge in [-0.15, -0.1) is 0 Å². The molecule has 0 atom stereocenters. The Labute approximate surface area is 140 Å². The number of rotatable bonds is 4. The van der Waals surface area contributed by atoms with Gasteiger partial charge >= 0.3 is 0 Å². The molecule has 24 heavy (non-hydrogen) atoms. The van der Waals surface area contributed by atoms with Crippen molar-refractivity contribution in [1.82, 2.24) is 4.90 Å². The number of nitrogens with zero attached hydrogens (tertiary/aromatic N) is 1. The number of hydrogen-bond acceptors (Lipinski definition) is 2. The van der Waals surface area contributed by atoms with Gasteiger partial charge in [-0.1, -0.05) is 24.3 Å². The lowest BCUT2D eigenvalue weighted by atomic mass is 9.95. The third-order valence-electron chi connectivity index (χ3n) is 4.40. The summed E-state index contributed by atoms with van der Waals surface area (Å²) in [5.41, 5.74) is 1.16. The summed E-state index contributed by atoms with van der Waals surface area (Å²) in [6.45, 7) is 2.05. The second-order valence-electron chi connectivity index (χ2n) is 6.14. The van der Waals surface area contributed by atoms with E-state index in [2.05, 4.69) is 10.2 Å². The monoisotopic (exact) mass is 330 g/mol. The minimum absolute atomic E-state index is 0.0776. The zero-order valence-electron chi connectivity index (χ0n) is 13.3. The van der Waals surface area contributed by atoms with Crippen LogP contribution in [-0.4, -0.2) is 23.9 Å². The van der Waals surface area contributed by atoms with E-state index in [9.17, 15) is 13.6 Å². The molecule has 0 spiro atoms. The Balaban J connectivity index is 1.51. The summed E-state index contributed by atoms with van der Waals surface area (Å²) >= 11 is 0. The molecule has 1 saturated heterocycles. The van der Waals surface area contributed by atoms with Gasteiger partial charge in [0.15, 0.2) is 0 Å². The SMILES string of the molecule is O=C(Nc1cccc(F)c1)C1CCN(Cc2ccccc2F)CC1. The lowest BCUT2D eigenvalue weighted by Gasteiger charge is -2.31. The highest BCUT2D eigenvalue weighted by Gasteiger charge is 2.25. The highest BCUT2D eigenvalue weighted by atomic mass is 19.1. The second-order valence-corrected chi connectivity index (χ2v) is 6.14. The predicted molar refractivity (Wildman–Crippen MR) is 89.4 cm³/mol. The molecule has 1 heterocycles. The van der Waals surface area contributed by atoms with Crippen LogP contribution in [0, 0.1) is 17.6 Å². The molecule has 0 unspecified atom stereocenters. The van der Waals surface area contributed by atoms with Crippen molar-refractivity contribution >= 4 is 11.6 Å². The molecule has 2 aromatic rings. The van der Waals surface area contributed by atoms with E-state index >= 15 is 0 Å². The molecule has 0 radical (unpaired) electrons. The van der Waals surface area contributed by atoms with Crippen LogP contribution in [0.2, 0.25) is 0 Å². The molecule has 0 aromatic heterocycles. The van der Waals surface area contributed by atoms with Gasteiger partial charge in [-0.25, -0.2) is 8.78 Å². The van der Waals surface area contributed by atoms with Gasteiger partial charge in [0.2, 0.25) is 5.91 Å². The van der Waals surface area contributed by atoms with Crippen molar-refractivity contribution in [3.8, 4) is 0 Å². The van der Waals surface area contributed by atoms with Crippen LogP contribution in [0.3, 0.4) is 0 Å². The lowest BCUT2D eigenvalue weighted by molar-refractivity contribution is -0.121. The molecule has 1 amide bonds. The van der Waals surface area contributed by atoms with Crippen LogP contribution >= 0.6 is 0 Å². The van der Waals surface area contributed by atoms with E-state index in [1.54, 1.807) is 24.3 Å². The first-order valence-corrected chi connectivity index (χ1v) is 8.14. The summed E-state index contributed by atoms with van der Waals surface area (Å²) in [7, 11) is 0. The number of halogens is 2. The van der Waals surface area contributed by atoms with E-state index in [1.807, 2.05) is 6.07 Å². The highest BCUT2D eigenvalue weighted by molar-refractivity contribution is 5.92. The molecule has 1 N–H and O–H groups in total. The maximum atomic E-state index is 13.7. The van der Waals surface area contributed by atoms with E-state index in [1.165, 1.54) is 18.2 Å². The molecular formula is C19H20F2N2O. The number of carbonyl (C=O) groups excluding carboxylic acids is 1. The molecule has 0 saturated carbocycles. The molecule has 1 aliphatic heterocycles. The Hall–Kier alpha value is -2.27.